The fraction of sp³-hybridized carbons (Fsp3) is 0.235. The van der Waals surface area contributed by atoms with Gasteiger partial charge in [-0.15, -0.1) is 0 Å². The van der Waals surface area contributed by atoms with Gasteiger partial charge < -0.3 is 10.6 Å². The van der Waals surface area contributed by atoms with Crippen molar-refractivity contribution < 1.29 is 4.79 Å². The van der Waals surface area contributed by atoms with Crippen LogP contribution in [-0.4, -0.2) is 17.9 Å². The maximum atomic E-state index is 12.4. The topological polar surface area (TPSA) is 46.3 Å². The molecular weight excluding hydrogens is 248 g/mol. The lowest BCUT2D eigenvalue weighted by atomic mass is 10.1. The molecule has 0 saturated carbocycles. The Morgan fingerprint density at radius 2 is 1.70 bits per heavy atom. The number of amides is 1. The molecule has 2 aromatic carbocycles. The Labute approximate surface area is 120 Å². The molecule has 0 fully saturated rings. The number of nitrogen functional groups attached to an aromatic ring is 1. The second-order valence-electron chi connectivity index (χ2n) is 5.28. The predicted octanol–water partition coefficient (Wildman–Crippen LogP) is 3.16. The van der Waals surface area contributed by atoms with Crippen molar-refractivity contribution in [2.75, 3.05) is 12.8 Å². The van der Waals surface area contributed by atoms with Gasteiger partial charge in [-0.3, -0.25) is 4.79 Å². The first-order valence-corrected chi connectivity index (χ1v) is 6.64. The van der Waals surface area contributed by atoms with Crippen LogP contribution in [0.25, 0.3) is 0 Å². The first-order chi connectivity index (χ1) is 9.45. The summed E-state index contributed by atoms with van der Waals surface area (Å²) in [5, 5.41) is 0. The third-order valence-corrected chi connectivity index (χ3v) is 3.23. The molecule has 0 atom stereocenters. The molecule has 0 saturated heterocycles. The molecule has 0 aliphatic rings. The van der Waals surface area contributed by atoms with Gasteiger partial charge in [0, 0.05) is 24.8 Å². The van der Waals surface area contributed by atoms with Crippen molar-refractivity contribution in [3.63, 3.8) is 0 Å². The SMILES string of the molecule is Cc1ccc(CN(C)C(=O)c2cc(C)cc(N)c2)cc1. The number of nitrogens with two attached hydrogens (primary N) is 1. The van der Waals surface area contributed by atoms with E-state index in [2.05, 4.69) is 12.1 Å². The van der Waals surface area contributed by atoms with Crippen LogP contribution in [-0.2, 0) is 6.54 Å². The molecule has 0 heterocycles. The molecule has 3 heteroatoms. The van der Waals surface area contributed by atoms with Gasteiger partial charge in [0.15, 0.2) is 0 Å². The molecule has 2 rings (SSSR count). The molecule has 0 spiro atoms. The highest BCUT2D eigenvalue weighted by Crippen LogP contribution is 2.14. The van der Waals surface area contributed by atoms with Crippen LogP contribution < -0.4 is 5.73 Å². The molecule has 2 aromatic rings. The predicted molar refractivity (Wildman–Crippen MR) is 82.6 cm³/mol. The fourth-order valence-electron chi connectivity index (χ4n) is 2.20. The molecule has 0 aromatic heterocycles. The zero-order valence-electron chi connectivity index (χ0n) is 12.2. The van der Waals surface area contributed by atoms with Gasteiger partial charge >= 0.3 is 0 Å². The number of rotatable bonds is 3. The van der Waals surface area contributed by atoms with E-state index in [0.717, 1.165) is 11.1 Å². The van der Waals surface area contributed by atoms with Gasteiger partial charge in [0.05, 0.1) is 0 Å². The second kappa shape index (κ2) is 5.78. The van der Waals surface area contributed by atoms with Crippen molar-refractivity contribution in [3.05, 3.63) is 64.7 Å². The molecule has 0 bridgehead atoms. The van der Waals surface area contributed by atoms with Crippen LogP contribution in [0.1, 0.15) is 27.0 Å². The van der Waals surface area contributed by atoms with Crippen molar-refractivity contribution >= 4 is 11.6 Å². The number of hydrogen-bond donors (Lipinski definition) is 1. The largest absolute Gasteiger partial charge is 0.399 e. The van der Waals surface area contributed by atoms with Crippen LogP contribution in [0, 0.1) is 13.8 Å². The third kappa shape index (κ3) is 3.38. The van der Waals surface area contributed by atoms with Gasteiger partial charge in [-0.2, -0.15) is 0 Å². The molecule has 20 heavy (non-hydrogen) atoms. The fourth-order valence-corrected chi connectivity index (χ4v) is 2.20. The molecule has 3 nitrogen and oxygen atoms in total. The first kappa shape index (κ1) is 14.1. The van der Waals surface area contributed by atoms with Crippen molar-refractivity contribution in [1.82, 2.24) is 4.90 Å². The number of anilines is 1. The van der Waals surface area contributed by atoms with Crippen molar-refractivity contribution in [2.45, 2.75) is 20.4 Å². The minimum atomic E-state index is -0.0130. The summed E-state index contributed by atoms with van der Waals surface area (Å²) in [6.07, 6.45) is 0. The van der Waals surface area contributed by atoms with E-state index in [1.165, 1.54) is 5.56 Å². The van der Waals surface area contributed by atoms with Gasteiger partial charge in [-0.25, -0.2) is 0 Å². The summed E-state index contributed by atoms with van der Waals surface area (Å²) in [6, 6.07) is 13.6. The average molecular weight is 268 g/mol. The summed E-state index contributed by atoms with van der Waals surface area (Å²) in [7, 11) is 1.81. The number of carbonyl (C=O) groups is 1. The van der Waals surface area contributed by atoms with Crippen molar-refractivity contribution in [2.24, 2.45) is 0 Å². The third-order valence-electron chi connectivity index (χ3n) is 3.23. The highest BCUT2D eigenvalue weighted by molar-refractivity contribution is 5.95. The zero-order chi connectivity index (χ0) is 14.7. The smallest absolute Gasteiger partial charge is 0.253 e. The minimum absolute atomic E-state index is 0.0130. The standard InChI is InChI=1S/C17H20N2O/c1-12-4-6-14(7-5-12)11-19(3)17(20)15-8-13(2)9-16(18)10-15/h4-10H,11,18H2,1-3H3. The summed E-state index contributed by atoms with van der Waals surface area (Å²) >= 11 is 0. The number of nitrogens with zero attached hydrogens (tertiary/aromatic N) is 1. The lowest BCUT2D eigenvalue weighted by Crippen LogP contribution is -2.26. The van der Waals surface area contributed by atoms with E-state index in [1.54, 1.807) is 18.0 Å². The van der Waals surface area contributed by atoms with E-state index < -0.39 is 0 Å². The van der Waals surface area contributed by atoms with Crippen LogP contribution in [0.15, 0.2) is 42.5 Å². The van der Waals surface area contributed by atoms with Crippen molar-refractivity contribution in [3.8, 4) is 0 Å². The molecule has 1 amide bonds. The maximum Gasteiger partial charge on any atom is 0.253 e. The molecule has 2 N–H and O–H groups in total. The Kier molecular flexibility index (Phi) is 4.08. The van der Waals surface area contributed by atoms with E-state index in [9.17, 15) is 4.79 Å². The van der Waals surface area contributed by atoms with E-state index in [0.29, 0.717) is 17.8 Å². The van der Waals surface area contributed by atoms with E-state index >= 15 is 0 Å². The van der Waals surface area contributed by atoms with E-state index in [-0.39, 0.29) is 5.91 Å². The summed E-state index contributed by atoms with van der Waals surface area (Å²) in [5.74, 6) is -0.0130. The Bertz CT molecular complexity index is 597. The highest BCUT2D eigenvalue weighted by Gasteiger charge is 2.12. The van der Waals surface area contributed by atoms with Gasteiger partial charge in [-0.05, 0) is 43.2 Å². The molecule has 104 valence electrons. The molecular formula is C17H20N2O. The van der Waals surface area contributed by atoms with E-state index in [4.69, 9.17) is 5.73 Å². The average Bonchev–Trinajstić information content (AvgIpc) is 2.39. The van der Waals surface area contributed by atoms with E-state index in [1.807, 2.05) is 38.1 Å². The summed E-state index contributed by atoms with van der Waals surface area (Å²) in [5.41, 5.74) is 10.4. The minimum Gasteiger partial charge on any atom is -0.399 e. The lowest BCUT2D eigenvalue weighted by molar-refractivity contribution is 0.0785. The van der Waals surface area contributed by atoms with Crippen LogP contribution in [0.4, 0.5) is 5.69 Å². The quantitative estimate of drug-likeness (QED) is 0.869. The summed E-state index contributed by atoms with van der Waals surface area (Å²) < 4.78 is 0. The van der Waals surface area contributed by atoms with Gasteiger partial charge in [0.25, 0.3) is 5.91 Å². The van der Waals surface area contributed by atoms with Crippen LogP contribution in [0.3, 0.4) is 0 Å². The zero-order valence-corrected chi connectivity index (χ0v) is 12.2. The monoisotopic (exact) mass is 268 g/mol. The van der Waals surface area contributed by atoms with Crippen LogP contribution >= 0.6 is 0 Å². The van der Waals surface area contributed by atoms with Crippen LogP contribution in [0.2, 0.25) is 0 Å². The maximum absolute atomic E-state index is 12.4. The van der Waals surface area contributed by atoms with Gasteiger partial charge in [0.2, 0.25) is 0 Å². The van der Waals surface area contributed by atoms with Gasteiger partial charge in [-0.1, -0.05) is 29.8 Å². The Hall–Kier alpha value is -2.29. The number of benzene rings is 2. The number of carbonyl (C=O) groups excluding carboxylic acids is 1. The Morgan fingerprint density at radius 1 is 1.05 bits per heavy atom. The highest BCUT2D eigenvalue weighted by atomic mass is 16.2. The van der Waals surface area contributed by atoms with Gasteiger partial charge in [0.1, 0.15) is 0 Å². The first-order valence-electron chi connectivity index (χ1n) is 6.64. The molecule has 0 aliphatic heterocycles. The Balaban J connectivity index is 2.14. The lowest BCUT2D eigenvalue weighted by Gasteiger charge is -2.18. The molecule has 0 radical (unpaired) electrons. The Morgan fingerprint density at radius 3 is 2.30 bits per heavy atom. The molecule has 0 unspecified atom stereocenters. The second-order valence-corrected chi connectivity index (χ2v) is 5.28. The number of hydrogen-bond acceptors (Lipinski definition) is 2. The molecule has 0 aliphatic carbocycles. The summed E-state index contributed by atoms with van der Waals surface area (Å²) in [6.45, 7) is 4.58. The normalized spacial score (nSPS) is 10.3. The van der Waals surface area contributed by atoms with Crippen molar-refractivity contribution in [1.29, 1.82) is 0 Å². The summed E-state index contributed by atoms with van der Waals surface area (Å²) in [4.78, 5) is 14.1. The van der Waals surface area contributed by atoms with Crippen LogP contribution in [0.5, 0.6) is 0 Å². The number of aryl methyl sites for hydroxylation is 2.